The molecule has 3 heterocycles. The first-order valence-electron chi connectivity index (χ1n) is 12.6. The van der Waals surface area contributed by atoms with Gasteiger partial charge in [-0.15, -0.1) is 0 Å². The molecule has 1 aromatic heterocycles. The molecule has 0 radical (unpaired) electrons. The molecule has 0 aromatic carbocycles. The van der Waals surface area contributed by atoms with Gasteiger partial charge < -0.3 is 19.7 Å². The van der Waals surface area contributed by atoms with Crippen molar-refractivity contribution < 1.29 is 27.4 Å². The molecule has 1 N–H and O–H groups in total. The number of halogens is 3. The van der Waals surface area contributed by atoms with Crippen molar-refractivity contribution in [2.75, 3.05) is 26.4 Å². The second-order valence-electron chi connectivity index (χ2n) is 10.3. The number of nitrogens with zero attached hydrogens (tertiary/aromatic N) is 2. The number of fused-ring (bicyclic) bond motifs is 2. The smallest absolute Gasteiger partial charge is 0.379 e. The Balaban J connectivity index is 1.30. The summed E-state index contributed by atoms with van der Waals surface area (Å²) >= 11 is 0. The van der Waals surface area contributed by atoms with E-state index in [1.54, 1.807) is 4.90 Å². The molecule has 1 saturated heterocycles. The highest BCUT2D eigenvalue weighted by Gasteiger charge is 2.56. The molecule has 2 aliphatic carbocycles. The monoisotopic (exact) mass is 481 g/mol. The molecule has 1 unspecified atom stereocenters. The van der Waals surface area contributed by atoms with Gasteiger partial charge in [-0.05, 0) is 56.6 Å². The number of carbonyl (C=O) groups is 1. The molecule has 0 bridgehead atoms. The molecule has 1 aromatic rings. The fraction of sp³-hybridized carbons (Fsp3) is 0.760. The van der Waals surface area contributed by atoms with Gasteiger partial charge in [-0.2, -0.15) is 13.2 Å². The van der Waals surface area contributed by atoms with Crippen LogP contribution in [0.5, 0.6) is 0 Å². The summed E-state index contributed by atoms with van der Waals surface area (Å²) in [6.45, 7) is 4.66. The highest BCUT2D eigenvalue weighted by Crippen LogP contribution is 2.55. The minimum absolute atomic E-state index is 0.0276. The van der Waals surface area contributed by atoms with Crippen LogP contribution in [-0.4, -0.2) is 60.3 Å². The molecular weight excluding hydrogens is 447 g/mol. The number of aromatic nitrogens is 1. The Bertz CT molecular complexity index is 909. The molecule has 0 spiro atoms. The average molecular weight is 482 g/mol. The third-order valence-corrected chi connectivity index (χ3v) is 8.35. The molecule has 4 aliphatic rings. The van der Waals surface area contributed by atoms with Crippen LogP contribution < -0.4 is 5.32 Å². The Morgan fingerprint density at radius 3 is 3.03 bits per heavy atom. The number of hydrogen-bond donors (Lipinski definition) is 1. The molecule has 3 fully saturated rings. The van der Waals surface area contributed by atoms with Crippen molar-refractivity contribution in [2.24, 2.45) is 11.3 Å². The topological polar surface area (TPSA) is 63.7 Å². The number of amides is 1. The normalized spacial score (nSPS) is 33.6. The number of rotatable bonds is 5. The fourth-order valence-corrected chi connectivity index (χ4v) is 6.77. The Kier molecular flexibility index (Phi) is 6.63. The van der Waals surface area contributed by atoms with Gasteiger partial charge in [-0.25, -0.2) is 0 Å². The highest BCUT2D eigenvalue weighted by molar-refractivity contribution is 5.84. The van der Waals surface area contributed by atoms with Crippen LogP contribution in [-0.2, 0) is 33.4 Å². The lowest BCUT2D eigenvalue weighted by atomic mass is 9.78. The molecule has 2 aliphatic heterocycles. The lowest BCUT2D eigenvalue weighted by Gasteiger charge is -2.38. The van der Waals surface area contributed by atoms with Crippen molar-refractivity contribution in [2.45, 2.75) is 82.8 Å². The lowest BCUT2D eigenvalue weighted by Crippen LogP contribution is -2.51. The number of hydrogen-bond acceptors (Lipinski definition) is 5. The van der Waals surface area contributed by atoms with Crippen molar-refractivity contribution in [3.63, 3.8) is 0 Å². The summed E-state index contributed by atoms with van der Waals surface area (Å²) < 4.78 is 51.1. The van der Waals surface area contributed by atoms with E-state index in [1.165, 1.54) is 6.07 Å². The quantitative estimate of drug-likeness (QED) is 0.695. The predicted molar refractivity (Wildman–Crippen MR) is 119 cm³/mol. The third-order valence-electron chi connectivity index (χ3n) is 8.35. The molecule has 34 heavy (non-hydrogen) atoms. The van der Waals surface area contributed by atoms with Crippen LogP contribution in [0.3, 0.4) is 0 Å². The maximum Gasteiger partial charge on any atom is 0.417 e. The van der Waals surface area contributed by atoms with Crippen LogP contribution in [0.2, 0.25) is 0 Å². The first-order valence-corrected chi connectivity index (χ1v) is 12.6. The SMILES string of the molecule is CCO[C@H]1COCC[C@@H]1NC1C[C@H]2CCC[C@@]2(C(=O)N2CCc3ncc(C(F)(F)F)cc3C2)C1. The van der Waals surface area contributed by atoms with E-state index in [-0.39, 0.29) is 30.6 Å². The van der Waals surface area contributed by atoms with Gasteiger partial charge in [0.25, 0.3) is 0 Å². The molecule has 188 valence electrons. The minimum Gasteiger partial charge on any atom is -0.379 e. The first-order chi connectivity index (χ1) is 16.3. The maximum atomic E-state index is 13.9. The van der Waals surface area contributed by atoms with E-state index >= 15 is 0 Å². The van der Waals surface area contributed by atoms with Crippen LogP contribution in [0, 0.1) is 11.3 Å². The van der Waals surface area contributed by atoms with Gasteiger partial charge >= 0.3 is 6.18 Å². The molecule has 5 atom stereocenters. The van der Waals surface area contributed by atoms with Crippen LogP contribution in [0.4, 0.5) is 13.2 Å². The Morgan fingerprint density at radius 1 is 1.38 bits per heavy atom. The minimum atomic E-state index is -4.43. The second kappa shape index (κ2) is 9.39. The van der Waals surface area contributed by atoms with Crippen LogP contribution in [0.1, 0.15) is 62.3 Å². The third kappa shape index (κ3) is 4.46. The summed E-state index contributed by atoms with van der Waals surface area (Å²) in [7, 11) is 0. The van der Waals surface area contributed by atoms with Crippen molar-refractivity contribution in [3.05, 3.63) is 29.1 Å². The summed E-state index contributed by atoms with van der Waals surface area (Å²) in [5, 5.41) is 3.79. The lowest BCUT2D eigenvalue weighted by molar-refractivity contribution is -0.144. The zero-order chi connectivity index (χ0) is 23.9. The molecule has 5 rings (SSSR count). The van der Waals surface area contributed by atoms with Gasteiger partial charge in [0.05, 0.1) is 23.7 Å². The van der Waals surface area contributed by atoms with Gasteiger partial charge in [0.2, 0.25) is 5.91 Å². The molecule has 9 heteroatoms. The Morgan fingerprint density at radius 2 is 2.24 bits per heavy atom. The summed E-state index contributed by atoms with van der Waals surface area (Å²) in [6.07, 6.45) is 2.58. The van der Waals surface area contributed by atoms with E-state index in [2.05, 4.69) is 10.3 Å². The van der Waals surface area contributed by atoms with Gasteiger partial charge in [-0.1, -0.05) is 6.42 Å². The van der Waals surface area contributed by atoms with Crippen molar-refractivity contribution >= 4 is 5.91 Å². The van der Waals surface area contributed by atoms with Crippen LogP contribution in [0.25, 0.3) is 0 Å². The molecule has 2 saturated carbocycles. The van der Waals surface area contributed by atoms with E-state index in [4.69, 9.17) is 9.47 Å². The summed E-state index contributed by atoms with van der Waals surface area (Å²) in [4.78, 5) is 19.8. The van der Waals surface area contributed by atoms with Gasteiger partial charge in [0, 0.05) is 56.7 Å². The highest BCUT2D eigenvalue weighted by atomic mass is 19.4. The summed E-state index contributed by atoms with van der Waals surface area (Å²) in [5.41, 5.74) is 0.0407. The van der Waals surface area contributed by atoms with Gasteiger partial charge in [0.15, 0.2) is 0 Å². The maximum absolute atomic E-state index is 13.9. The van der Waals surface area contributed by atoms with Crippen molar-refractivity contribution in [1.82, 2.24) is 15.2 Å². The number of carbonyl (C=O) groups excluding carboxylic acids is 1. The Labute approximate surface area is 198 Å². The summed E-state index contributed by atoms with van der Waals surface area (Å²) in [6, 6.07) is 1.64. The van der Waals surface area contributed by atoms with E-state index in [1.807, 2.05) is 6.92 Å². The number of nitrogens with one attached hydrogen (secondary N) is 1. The standard InChI is InChI=1S/C25H34F3N3O3/c1-2-34-22-15-33-9-6-21(22)30-19-11-17-4-3-7-24(17,12-19)23(32)31-8-5-20-16(14-31)10-18(13-29-20)25(26,27)28/h10,13,17,19,21-22,30H,2-9,11-12,14-15H2,1H3/t17-,19?,21+,22+,24-/m1/s1. The average Bonchev–Trinajstić information content (AvgIpc) is 3.36. The van der Waals surface area contributed by atoms with Crippen molar-refractivity contribution in [3.8, 4) is 0 Å². The van der Waals surface area contributed by atoms with E-state index < -0.39 is 17.2 Å². The van der Waals surface area contributed by atoms with E-state index in [0.29, 0.717) is 50.0 Å². The fourth-order valence-electron chi connectivity index (χ4n) is 6.77. The summed E-state index contributed by atoms with van der Waals surface area (Å²) in [5.74, 6) is 0.444. The Hall–Kier alpha value is -1.71. The van der Waals surface area contributed by atoms with E-state index in [0.717, 1.165) is 44.7 Å². The molecule has 6 nitrogen and oxygen atoms in total. The zero-order valence-corrected chi connectivity index (χ0v) is 19.7. The van der Waals surface area contributed by atoms with Gasteiger partial charge in [-0.3, -0.25) is 9.78 Å². The van der Waals surface area contributed by atoms with E-state index in [9.17, 15) is 18.0 Å². The van der Waals surface area contributed by atoms with Crippen LogP contribution in [0.15, 0.2) is 12.3 Å². The number of pyridine rings is 1. The first kappa shape index (κ1) is 24.0. The predicted octanol–water partition coefficient (Wildman–Crippen LogP) is 3.72. The second-order valence-corrected chi connectivity index (χ2v) is 10.3. The molecule has 1 amide bonds. The zero-order valence-electron chi connectivity index (χ0n) is 19.7. The molecular formula is C25H34F3N3O3. The number of ether oxygens (including phenoxy) is 2. The van der Waals surface area contributed by atoms with Gasteiger partial charge in [0.1, 0.15) is 0 Å². The van der Waals surface area contributed by atoms with Crippen LogP contribution >= 0.6 is 0 Å². The largest absolute Gasteiger partial charge is 0.417 e. The number of alkyl halides is 3. The van der Waals surface area contributed by atoms with Crippen molar-refractivity contribution in [1.29, 1.82) is 0 Å².